The Morgan fingerprint density at radius 3 is 2.41 bits per heavy atom. The van der Waals surface area contributed by atoms with Crippen LogP contribution in [0.25, 0.3) is 0 Å². The summed E-state index contributed by atoms with van der Waals surface area (Å²) in [6.07, 6.45) is 0. The monoisotopic (exact) mass is 328 g/mol. The number of sulfonamides is 1. The molecule has 0 fully saturated rings. The zero-order valence-corrected chi connectivity index (χ0v) is 14.5. The van der Waals surface area contributed by atoms with E-state index in [2.05, 4.69) is 10.0 Å². The second-order valence-electron chi connectivity index (χ2n) is 5.38. The van der Waals surface area contributed by atoms with Crippen LogP contribution >= 0.6 is 0 Å². The highest BCUT2D eigenvalue weighted by Crippen LogP contribution is 2.23. The highest BCUT2D eigenvalue weighted by atomic mass is 32.2. The van der Waals surface area contributed by atoms with Gasteiger partial charge in [0.2, 0.25) is 10.0 Å². The molecule has 0 aliphatic carbocycles. The third-order valence-corrected chi connectivity index (χ3v) is 4.96. The van der Waals surface area contributed by atoms with Crippen LogP contribution in [0.1, 0.15) is 38.1 Å². The van der Waals surface area contributed by atoms with E-state index in [1.807, 2.05) is 13.8 Å². The lowest BCUT2D eigenvalue weighted by atomic mass is 10.1. The van der Waals surface area contributed by atoms with Gasteiger partial charge < -0.3 is 10.1 Å². The number of ether oxygens (including phenoxy) is 1. The Balaban J connectivity index is 3.21. The highest BCUT2D eigenvalue weighted by molar-refractivity contribution is 7.89. The van der Waals surface area contributed by atoms with Crippen LogP contribution in [0.5, 0.6) is 5.75 Å². The lowest BCUT2D eigenvalue weighted by molar-refractivity contribution is 0.0952. The van der Waals surface area contributed by atoms with Gasteiger partial charge in [-0.25, -0.2) is 13.1 Å². The number of amides is 1. The molecule has 0 spiro atoms. The molecule has 0 aliphatic rings. The third kappa shape index (κ3) is 4.45. The smallest absolute Gasteiger partial charge is 0.255 e. The first-order valence-electron chi connectivity index (χ1n) is 7.21. The van der Waals surface area contributed by atoms with Gasteiger partial charge in [-0.1, -0.05) is 13.8 Å². The molecule has 7 heteroatoms. The Labute approximate surface area is 132 Å². The van der Waals surface area contributed by atoms with Gasteiger partial charge in [-0.2, -0.15) is 0 Å². The average molecular weight is 328 g/mol. The van der Waals surface area contributed by atoms with Crippen LogP contribution in [0.3, 0.4) is 0 Å². The number of benzene rings is 1. The van der Waals surface area contributed by atoms with Crippen molar-refractivity contribution in [3.63, 3.8) is 0 Å². The van der Waals surface area contributed by atoms with Crippen molar-refractivity contribution in [2.45, 2.75) is 38.6 Å². The SMILES string of the molecule is CCNC(=O)c1cc(S(=O)(=O)N[C@H](C)C(C)C)ccc1OC. The van der Waals surface area contributed by atoms with E-state index in [-0.39, 0.29) is 28.3 Å². The van der Waals surface area contributed by atoms with Gasteiger partial charge in [0.1, 0.15) is 5.75 Å². The van der Waals surface area contributed by atoms with E-state index in [1.165, 1.54) is 25.3 Å². The second-order valence-corrected chi connectivity index (χ2v) is 7.09. The van der Waals surface area contributed by atoms with E-state index < -0.39 is 10.0 Å². The molecule has 1 aromatic rings. The molecule has 0 aromatic heterocycles. The molecule has 0 radical (unpaired) electrons. The fourth-order valence-electron chi connectivity index (χ4n) is 1.74. The van der Waals surface area contributed by atoms with Crippen LogP contribution in [-0.4, -0.2) is 34.0 Å². The van der Waals surface area contributed by atoms with Gasteiger partial charge in [-0.05, 0) is 38.0 Å². The van der Waals surface area contributed by atoms with Crippen LogP contribution in [0, 0.1) is 5.92 Å². The van der Waals surface area contributed by atoms with Crippen molar-refractivity contribution in [1.29, 1.82) is 0 Å². The van der Waals surface area contributed by atoms with Crippen molar-refractivity contribution in [2.75, 3.05) is 13.7 Å². The number of hydrogen-bond acceptors (Lipinski definition) is 4. The van der Waals surface area contributed by atoms with Crippen LogP contribution in [0.15, 0.2) is 23.1 Å². The Kier molecular flexibility index (Phi) is 6.37. The fourth-order valence-corrected chi connectivity index (χ4v) is 3.15. The lowest BCUT2D eigenvalue weighted by Crippen LogP contribution is -2.36. The van der Waals surface area contributed by atoms with E-state index in [0.29, 0.717) is 12.3 Å². The summed E-state index contributed by atoms with van der Waals surface area (Å²) < 4.78 is 32.5. The summed E-state index contributed by atoms with van der Waals surface area (Å²) in [4.78, 5) is 12.1. The summed E-state index contributed by atoms with van der Waals surface area (Å²) in [5.41, 5.74) is 0.199. The van der Waals surface area contributed by atoms with Crippen molar-refractivity contribution < 1.29 is 17.9 Å². The average Bonchev–Trinajstić information content (AvgIpc) is 2.46. The van der Waals surface area contributed by atoms with Crippen LogP contribution in [-0.2, 0) is 10.0 Å². The fraction of sp³-hybridized carbons (Fsp3) is 0.533. The molecular formula is C15H24N2O4S. The Morgan fingerprint density at radius 2 is 1.91 bits per heavy atom. The number of methoxy groups -OCH3 is 1. The van der Waals surface area contributed by atoms with E-state index in [1.54, 1.807) is 13.8 Å². The summed E-state index contributed by atoms with van der Waals surface area (Å²) in [7, 11) is -2.25. The zero-order chi connectivity index (χ0) is 16.9. The first kappa shape index (κ1) is 18.4. The van der Waals surface area contributed by atoms with Crippen LogP contribution in [0.2, 0.25) is 0 Å². The maximum atomic E-state index is 12.4. The molecule has 22 heavy (non-hydrogen) atoms. The summed E-state index contributed by atoms with van der Waals surface area (Å²) in [5, 5.41) is 2.64. The maximum Gasteiger partial charge on any atom is 0.255 e. The Bertz CT molecular complexity index is 626. The van der Waals surface area contributed by atoms with Gasteiger partial charge in [0.05, 0.1) is 17.6 Å². The second kappa shape index (κ2) is 7.60. The summed E-state index contributed by atoms with van der Waals surface area (Å²) in [6, 6.07) is 4.04. The van der Waals surface area contributed by atoms with Gasteiger partial charge >= 0.3 is 0 Å². The first-order valence-corrected chi connectivity index (χ1v) is 8.69. The molecule has 0 heterocycles. The van der Waals surface area contributed by atoms with Crippen LogP contribution < -0.4 is 14.8 Å². The molecule has 2 N–H and O–H groups in total. The largest absolute Gasteiger partial charge is 0.496 e. The molecule has 124 valence electrons. The molecule has 0 saturated carbocycles. The van der Waals surface area contributed by atoms with Crippen molar-refractivity contribution in [1.82, 2.24) is 10.0 Å². The van der Waals surface area contributed by atoms with Gasteiger partial charge in [-0.15, -0.1) is 0 Å². The summed E-state index contributed by atoms with van der Waals surface area (Å²) in [5.74, 6) is 0.131. The minimum absolute atomic E-state index is 0.0436. The van der Waals surface area contributed by atoms with Crippen molar-refractivity contribution >= 4 is 15.9 Å². The van der Waals surface area contributed by atoms with E-state index in [9.17, 15) is 13.2 Å². The quantitative estimate of drug-likeness (QED) is 0.799. The molecule has 6 nitrogen and oxygen atoms in total. The molecule has 0 saturated heterocycles. The standard InChI is InChI=1S/C15H24N2O4S/c1-6-16-15(18)13-9-12(7-8-14(13)21-5)22(19,20)17-11(4)10(2)3/h7-11,17H,6H2,1-5H3,(H,16,18)/t11-/m1/s1. The highest BCUT2D eigenvalue weighted by Gasteiger charge is 2.22. The Hall–Kier alpha value is -1.60. The minimum atomic E-state index is -3.69. The normalized spacial score (nSPS) is 13.0. The predicted octanol–water partition coefficient (Wildman–Crippen LogP) is 1.77. The maximum absolute atomic E-state index is 12.4. The number of carbonyl (C=O) groups is 1. The summed E-state index contributed by atoms with van der Waals surface area (Å²) in [6.45, 7) is 7.90. The van der Waals surface area contributed by atoms with Crippen LogP contribution in [0.4, 0.5) is 0 Å². The predicted molar refractivity (Wildman–Crippen MR) is 85.6 cm³/mol. The van der Waals surface area contributed by atoms with Gasteiger partial charge in [0.25, 0.3) is 5.91 Å². The zero-order valence-electron chi connectivity index (χ0n) is 13.6. The molecule has 0 unspecified atom stereocenters. The van der Waals surface area contributed by atoms with E-state index in [4.69, 9.17) is 4.74 Å². The number of nitrogens with one attached hydrogen (secondary N) is 2. The van der Waals surface area contributed by atoms with Gasteiger partial charge in [0.15, 0.2) is 0 Å². The topological polar surface area (TPSA) is 84.5 Å². The van der Waals surface area contributed by atoms with Gasteiger partial charge in [0, 0.05) is 12.6 Å². The lowest BCUT2D eigenvalue weighted by Gasteiger charge is -2.18. The van der Waals surface area contributed by atoms with Gasteiger partial charge in [-0.3, -0.25) is 4.79 Å². The van der Waals surface area contributed by atoms with Crippen molar-refractivity contribution in [3.8, 4) is 5.75 Å². The van der Waals surface area contributed by atoms with Crippen molar-refractivity contribution in [2.24, 2.45) is 5.92 Å². The minimum Gasteiger partial charge on any atom is -0.496 e. The number of hydrogen-bond donors (Lipinski definition) is 2. The Morgan fingerprint density at radius 1 is 1.27 bits per heavy atom. The van der Waals surface area contributed by atoms with Crippen molar-refractivity contribution in [3.05, 3.63) is 23.8 Å². The molecule has 1 rings (SSSR count). The molecule has 1 aromatic carbocycles. The third-order valence-electron chi connectivity index (χ3n) is 3.40. The van der Waals surface area contributed by atoms with E-state index in [0.717, 1.165) is 0 Å². The molecule has 0 aliphatic heterocycles. The molecule has 1 amide bonds. The molecular weight excluding hydrogens is 304 g/mol. The number of carbonyl (C=O) groups excluding carboxylic acids is 1. The first-order chi connectivity index (χ1) is 10.2. The summed E-state index contributed by atoms with van der Waals surface area (Å²) >= 11 is 0. The molecule has 1 atom stereocenters. The molecule has 0 bridgehead atoms. The number of rotatable bonds is 7. The van der Waals surface area contributed by atoms with E-state index >= 15 is 0 Å².